The van der Waals surface area contributed by atoms with Gasteiger partial charge >= 0.3 is 5.97 Å². The van der Waals surface area contributed by atoms with Crippen molar-refractivity contribution in [3.8, 4) is 0 Å². The second-order valence-corrected chi connectivity index (χ2v) is 4.35. The third-order valence-electron chi connectivity index (χ3n) is 3.25. The van der Waals surface area contributed by atoms with Gasteiger partial charge in [-0.2, -0.15) is 0 Å². The number of carboxylic acid groups (broad SMARTS) is 1. The topological polar surface area (TPSA) is 49.3 Å². The Morgan fingerprint density at radius 2 is 2.00 bits per heavy atom. The van der Waals surface area contributed by atoms with Crippen LogP contribution < -0.4 is 5.32 Å². The van der Waals surface area contributed by atoms with Gasteiger partial charge in [0.05, 0.1) is 6.54 Å². The average molecular weight is 256 g/mol. The molecule has 1 unspecified atom stereocenters. The Kier molecular flexibility index (Phi) is 5.45. The summed E-state index contributed by atoms with van der Waals surface area (Å²) in [6.45, 7) is 0.0378. The number of nitrogens with one attached hydrogen (secondary N) is 1. The molecule has 1 aliphatic rings. The van der Waals surface area contributed by atoms with Crippen molar-refractivity contribution in [1.82, 2.24) is 5.32 Å². The minimum Gasteiger partial charge on any atom is -0.480 e. The van der Waals surface area contributed by atoms with Gasteiger partial charge in [-0.1, -0.05) is 36.8 Å². The van der Waals surface area contributed by atoms with E-state index in [1.54, 1.807) is 0 Å². The Balaban J connectivity index is 0.00000144. The van der Waals surface area contributed by atoms with Crippen LogP contribution in [0.2, 0.25) is 0 Å². The van der Waals surface area contributed by atoms with Crippen LogP contribution in [0.4, 0.5) is 0 Å². The second-order valence-electron chi connectivity index (χ2n) is 4.35. The molecule has 0 spiro atoms. The first-order valence-corrected chi connectivity index (χ1v) is 5.77. The fourth-order valence-electron chi connectivity index (χ4n) is 2.19. The largest absolute Gasteiger partial charge is 0.480 e. The summed E-state index contributed by atoms with van der Waals surface area (Å²) in [5.74, 6) is -0.193. The van der Waals surface area contributed by atoms with Crippen molar-refractivity contribution in [3.05, 3.63) is 35.9 Å². The zero-order valence-corrected chi connectivity index (χ0v) is 10.5. The minimum atomic E-state index is -0.791. The van der Waals surface area contributed by atoms with E-state index < -0.39 is 5.97 Å². The molecule has 2 rings (SSSR count). The number of halogens is 1. The molecule has 0 aliphatic heterocycles. The molecule has 1 aliphatic carbocycles. The molecule has 0 heterocycles. The van der Waals surface area contributed by atoms with Gasteiger partial charge in [0, 0.05) is 6.04 Å². The summed E-state index contributed by atoms with van der Waals surface area (Å²) in [5, 5.41) is 11.9. The quantitative estimate of drug-likeness (QED) is 0.850. The Bertz CT molecular complexity index is 352. The molecule has 1 fully saturated rings. The van der Waals surface area contributed by atoms with Gasteiger partial charge in [-0.15, -0.1) is 12.4 Å². The highest BCUT2D eigenvalue weighted by Gasteiger charge is 2.28. The summed E-state index contributed by atoms with van der Waals surface area (Å²) in [5.41, 5.74) is 1.20. The molecule has 3 nitrogen and oxygen atoms in total. The van der Waals surface area contributed by atoms with E-state index in [9.17, 15) is 4.79 Å². The van der Waals surface area contributed by atoms with Crippen LogP contribution >= 0.6 is 12.4 Å². The van der Waals surface area contributed by atoms with Crippen LogP contribution in [0.25, 0.3) is 0 Å². The third-order valence-corrected chi connectivity index (χ3v) is 3.25. The fraction of sp³-hybridized carbons (Fsp3) is 0.462. The molecule has 1 aromatic rings. The predicted octanol–water partition coefficient (Wildman–Crippen LogP) is 2.62. The molecule has 2 N–H and O–H groups in total. The normalized spacial score (nSPS) is 16.7. The maximum Gasteiger partial charge on any atom is 0.317 e. The monoisotopic (exact) mass is 255 g/mol. The van der Waals surface area contributed by atoms with Crippen molar-refractivity contribution in [2.45, 2.75) is 25.3 Å². The van der Waals surface area contributed by atoms with Gasteiger partial charge in [-0.05, 0) is 24.3 Å². The molecule has 0 saturated heterocycles. The lowest BCUT2D eigenvalue weighted by Crippen LogP contribution is -2.35. The zero-order valence-electron chi connectivity index (χ0n) is 9.63. The number of benzene rings is 1. The highest BCUT2D eigenvalue weighted by atomic mass is 35.5. The Labute approximate surface area is 108 Å². The van der Waals surface area contributed by atoms with Gasteiger partial charge < -0.3 is 5.11 Å². The van der Waals surface area contributed by atoms with Crippen molar-refractivity contribution >= 4 is 18.4 Å². The van der Waals surface area contributed by atoms with E-state index in [2.05, 4.69) is 17.4 Å². The van der Waals surface area contributed by atoms with Crippen molar-refractivity contribution in [2.75, 3.05) is 6.54 Å². The summed E-state index contributed by atoms with van der Waals surface area (Å²) < 4.78 is 0. The fourth-order valence-corrected chi connectivity index (χ4v) is 2.19. The molecule has 0 bridgehead atoms. The Hall–Kier alpha value is -1.06. The molecule has 0 radical (unpaired) electrons. The summed E-state index contributed by atoms with van der Waals surface area (Å²) in [6, 6.07) is 10.3. The van der Waals surface area contributed by atoms with E-state index in [4.69, 9.17) is 5.11 Å². The lowest BCUT2D eigenvalue weighted by molar-refractivity contribution is -0.136. The van der Waals surface area contributed by atoms with Gasteiger partial charge in [-0.3, -0.25) is 10.1 Å². The number of carbonyl (C=O) groups is 1. The molecule has 4 heteroatoms. The van der Waals surface area contributed by atoms with Crippen LogP contribution in [-0.2, 0) is 4.79 Å². The first-order valence-electron chi connectivity index (χ1n) is 5.77. The van der Waals surface area contributed by atoms with Crippen molar-refractivity contribution < 1.29 is 9.90 Å². The van der Waals surface area contributed by atoms with Crippen LogP contribution in [0.5, 0.6) is 0 Å². The second kappa shape index (κ2) is 6.62. The molecule has 1 aromatic carbocycles. The number of rotatable bonds is 5. The van der Waals surface area contributed by atoms with E-state index >= 15 is 0 Å². The van der Waals surface area contributed by atoms with E-state index in [1.807, 2.05) is 18.2 Å². The van der Waals surface area contributed by atoms with Crippen LogP contribution in [0, 0.1) is 5.92 Å². The van der Waals surface area contributed by atoms with Crippen molar-refractivity contribution in [2.24, 2.45) is 5.92 Å². The van der Waals surface area contributed by atoms with Crippen LogP contribution in [0.1, 0.15) is 30.9 Å². The summed E-state index contributed by atoms with van der Waals surface area (Å²) in [4.78, 5) is 10.6. The molecule has 17 heavy (non-hydrogen) atoms. The molecule has 0 amide bonds. The highest BCUT2D eigenvalue weighted by molar-refractivity contribution is 5.85. The first-order chi connectivity index (χ1) is 7.77. The number of hydrogen-bond donors (Lipinski definition) is 2. The third kappa shape index (κ3) is 3.72. The predicted molar refractivity (Wildman–Crippen MR) is 69.4 cm³/mol. The van der Waals surface area contributed by atoms with E-state index in [0.29, 0.717) is 5.92 Å². The maximum atomic E-state index is 10.6. The van der Waals surface area contributed by atoms with Crippen LogP contribution in [0.15, 0.2) is 30.3 Å². The summed E-state index contributed by atoms with van der Waals surface area (Å²) in [6.07, 6.45) is 3.67. The summed E-state index contributed by atoms with van der Waals surface area (Å²) in [7, 11) is 0. The van der Waals surface area contributed by atoms with E-state index in [1.165, 1.54) is 24.8 Å². The SMILES string of the molecule is Cl.O=C(O)CNC(c1ccccc1)C1CCC1. The van der Waals surface area contributed by atoms with Gasteiger partial charge in [0.25, 0.3) is 0 Å². The van der Waals surface area contributed by atoms with Gasteiger partial charge in [0.15, 0.2) is 0 Å². The molecule has 0 aromatic heterocycles. The van der Waals surface area contributed by atoms with Gasteiger partial charge in [0.1, 0.15) is 0 Å². The molecular formula is C13H18ClNO2. The number of aliphatic carboxylic acids is 1. The van der Waals surface area contributed by atoms with Crippen molar-refractivity contribution in [3.63, 3.8) is 0 Å². The molecule has 94 valence electrons. The lowest BCUT2D eigenvalue weighted by Gasteiger charge is -2.34. The van der Waals surface area contributed by atoms with Gasteiger partial charge in [0.2, 0.25) is 0 Å². The minimum absolute atomic E-state index is 0. The number of hydrogen-bond acceptors (Lipinski definition) is 2. The molecule has 1 saturated carbocycles. The Morgan fingerprint density at radius 1 is 1.35 bits per heavy atom. The van der Waals surface area contributed by atoms with Crippen LogP contribution in [-0.4, -0.2) is 17.6 Å². The van der Waals surface area contributed by atoms with E-state index in [0.717, 1.165) is 0 Å². The molecular weight excluding hydrogens is 238 g/mol. The maximum absolute atomic E-state index is 10.6. The Morgan fingerprint density at radius 3 is 2.47 bits per heavy atom. The molecule has 1 atom stereocenters. The standard InChI is InChI=1S/C13H17NO2.ClH/c15-12(16)9-14-13(11-7-4-8-11)10-5-2-1-3-6-10;/h1-3,5-6,11,13-14H,4,7-9H2,(H,15,16);1H. The van der Waals surface area contributed by atoms with Crippen molar-refractivity contribution in [1.29, 1.82) is 0 Å². The highest BCUT2D eigenvalue weighted by Crippen LogP contribution is 2.37. The lowest BCUT2D eigenvalue weighted by atomic mass is 9.77. The van der Waals surface area contributed by atoms with Gasteiger partial charge in [-0.25, -0.2) is 0 Å². The zero-order chi connectivity index (χ0) is 11.4. The average Bonchev–Trinajstić information content (AvgIpc) is 2.22. The first kappa shape index (κ1) is 14.0. The summed E-state index contributed by atoms with van der Waals surface area (Å²) >= 11 is 0. The van der Waals surface area contributed by atoms with Crippen LogP contribution in [0.3, 0.4) is 0 Å². The smallest absolute Gasteiger partial charge is 0.317 e. The van der Waals surface area contributed by atoms with E-state index in [-0.39, 0.29) is 25.0 Å². The number of carboxylic acids is 1.